The van der Waals surface area contributed by atoms with Gasteiger partial charge in [0.1, 0.15) is 11.4 Å². The number of rotatable bonds is 3. The van der Waals surface area contributed by atoms with Crippen LogP contribution in [-0.2, 0) is 6.42 Å². The van der Waals surface area contributed by atoms with Crippen molar-refractivity contribution in [3.05, 3.63) is 48.0 Å². The van der Waals surface area contributed by atoms with E-state index in [-0.39, 0.29) is 0 Å². The summed E-state index contributed by atoms with van der Waals surface area (Å²) in [7, 11) is 0. The topological polar surface area (TPSA) is 46.3 Å². The molecule has 1 heterocycles. The molecular formula is C16H15NO2. The summed E-state index contributed by atoms with van der Waals surface area (Å²) < 4.78 is 5.32. The van der Waals surface area contributed by atoms with Gasteiger partial charge in [-0.05, 0) is 42.3 Å². The average Bonchev–Trinajstić information content (AvgIpc) is 2.85. The van der Waals surface area contributed by atoms with Gasteiger partial charge in [-0.2, -0.15) is 0 Å². The zero-order chi connectivity index (χ0) is 13.2. The van der Waals surface area contributed by atoms with Crippen molar-refractivity contribution in [1.29, 1.82) is 0 Å². The lowest BCUT2D eigenvalue weighted by Crippen LogP contribution is -1.87. The van der Waals surface area contributed by atoms with Crippen LogP contribution in [0.15, 0.2) is 47.0 Å². The van der Waals surface area contributed by atoms with Crippen molar-refractivity contribution in [3.63, 3.8) is 0 Å². The first-order chi connectivity index (χ1) is 9.29. The van der Waals surface area contributed by atoms with Gasteiger partial charge in [-0.25, -0.2) is 0 Å². The summed E-state index contributed by atoms with van der Waals surface area (Å²) in [5, 5.41) is 15.0. The molecular weight excluding hydrogens is 238 g/mol. The summed E-state index contributed by atoms with van der Waals surface area (Å²) >= 11 is 0. The maximum Gasteiger partial charge on any atom is 0.167 e. The van der Waals surface area contributed by atoms with Crippen molar-refractivity contribution in [2.75, 3.05) is 0 Å². The molecule has 0 amide bonds. The number of aryl methyl sites for hydroxylation is 1. The Hall–Kier alpha value is -2.29. The molecule has 0 aliphatic heterocycles. The van der Waals surface area contributed by atoms with Crippen molar-refractivity contribution < 1.29 is 9.63 Å². The minimum absolute atomic E-state index is 0.346. The predicted octanol–water partition coefficient (Wildman–Crippen LogP) is 4.15. The van der Waals surface area contributed by atoms with Gasteiger partial charge in [0.15, 0.2) is 5.58 Å². The van der Waals surface area contributed by atoms with Crippen LogP contribution in [0.3, 0.4) is 0 Å². The molecule has 0 radical (unpaired) electrons. The van der Waals surface area contributed by atoms with Crippen LogP contribution in [0.5, 0.6) is 5.75 Å². The van der Waals surface area contributed by atoms with Gasteiger partial charge in [0.05, 0.1) is 0 Å². The first kappa shape index (κ1) is 11.8. The van der Waals surface area contributed by atoms with E-state index in [1.807, 2.05) is 36.4 Å². The first-order valence-corrected chi connectivity index (χ1v) is 6.46. The lowest BCUT2D eigenvalue weighted by Gasteiger charge is -2.05. The first-order valence-electron chi connectivity index (χ1n) is 6.46. The smallest absolute Gasteiger partial charge is 0.167 e. The highest BCUT2D eigenvalue weighted by Gasteiger charge is 2.11. The molecule has 3 rings (SSSR count). The molecule has 0 aliphatic carbocycles. The minimum atomic E-state index is 0.346. The van der Waals surface area contributed by atoms with E-state index in [0.717, 1.165) is 40.6 Å². The van der Waals surface area contributed by atoms with Crippen molar-refractivity contribution in [3.8, 4) is 17.0 Å². The number of nitrogens with zero attached hydrogens (tertiary/aromatic N) is 1. The van der Waals surface area contributed by atoms with E-state index < -0.39 is 0 Å². The van der Waals surface area contributed by atoms with Gasteiger partial charge in [0.2, 0.25) is 0 Å². The number of benzene rings is 2. The van der Waals surface area contributed by atoms with Gasteiger partial charge in [0.25, 0.3) is 0 Å². The molecule has 3 heteroatoms. The van der Waals surface area contributed by atoms with E-state index >= 15 is 0 Å². The molecule has 96 valence electrons. The van der Waals surface area contributed by atoms with Crippen LogP contribution >= 0.6 is 0 Å². The number of hydrogen-bond donors (Lipinski definition) is 1. The lowest BCUT2D eigenvalue weighted by atomic mass is 10.0. The lowest BCUT2D eigenvalue weighted by molar-refractivity contribution is 0.459. The van der Waals surface area contributed by atoms with Crippen LogP contribution in [0.1, 0.15) is 18.9 Å². The van der Waals surface area contributed by atoms with Crippen LogP contribution in [0, 0.1) is 0 Å². The van der Waals surface area contributed by atoms with E-state index in [2.05, 4.69) is 12.1 Å². The molecule has 2 aromatic carbocycles. The number of hydrogen-bond acceptors (Lipinski definition) is 3. The Balaban J connectivity index is 2.13. The second kappa shape index (κ2) is 4.76. The number of aromatic hydroxyl groups is 1. The van der Waals surface area contributed by atoms with Gasteiger partial charge in [-0.15, -0.1) is 0 Å². The molecule has 0 unspecified atom stereocenters. The molecule has 3 nitrogen and oxygen atoms in total. The third kappa shape index (κ3) is 2.08. The molecule has 1 aromatic heterocycles. The second-order valence-corrected chi connectivity index (χ2v) is 4.62. The van der Waals surface area contributed by atoms with Crippen molar-refractivity contribution in [2.24, 2.45) is 0 Å². The highest BCUT2D eigenvalue weighted by Crippen LogP contribution is 2.31. The summed E-state index contributed by atoms with van der Waals surface area (Å²) in [5.74, 6) is 0.346. The molecule has 3 aromatic rings. The monoisotopic (exact) mass is 253 g/mol. The Morgan fingerprint density at radius 1 is 1.16 bits per heavy atom. The molecule has 0 spiro atoms. The quantitative estimate of drug-likeness (QED) is 0.762. The van der Waals surface area contributed by atoms with Crippen LogP contribution in [-0.4, -0.2) is 10.3 Å². The molecule has 0 atom stereocenters. The Labute approximate surface area is 111 Å². The molecule has 0 fully saturated rings. The number of para-hydroxylation sites is 1. The van der Waals surface area contributed by atoms with Crippen LogP contribution in [0.25, 0.3) is 22.2 Å². The van der Waals surface area contributed by atoms with Crippen molar-refractivity contribution in [2.45, 2.75) is 19.8 Å². The highest BCUT2D eigenvalue weighted by atomic mass is 16.5. The van der Waals surface area contributed by atoms with Crippen molar-refractivity contribution >= 4 is 11.0 Å². The van der Waals surface area contributed by atoms with E-state index in [9.17, 15) is 5.11 Å². The van der Waals surface area contributed by atoms with E-state index in [1.165, 1.54) is 0 Å². The zero-order valence-electron chi connectivity index (χ0n) is 10.8. The van der Waals surface area contributed by atoms with E-state index in [0.29, 0.717) is 5.75 Å². The fraction of sp³-hybridized carbons (Fsp3) is 0.188. The second-order valence-electron chi connectivity index (χ2n) is 4.62. The Morgan fingerprint density at radius 3 is 2.84 bits per heavy atom. The molecule has 0 saturated carbocycles. The van der Waals surface area contributed by atoms with E-state index in [4.69, 9.17) is 4.52 Å². The largest absolute Gasteiger partial charge is 0.508 e. The third-order valence-corrected chi connectivity index (χ3v) is 3.25. The van der Waals surface area contributed by atoms with Crippen LogP contribution in [0.2, 0.25) is 0 Å². The summed E-state index contributed by atoms with van der Waals surface area (Å²) in [6.07, 6.45) is 1.85. The maximum atomic E-state index is 9.83. The van der Waals surface area contributed by atoms with Gasteiger partial charge in [-0.3, -0.25) is 0 Å². The Morgan fingerprint density at radius 2 is 2.00 bits per heavy atom. The third-order valence-electron chi connectivity index (χ3n) is 3.25. The fourth-order valence-electron chi connectivity index (χ4n) is 2.30. The van der Waals surface area contributed by atoms with Gasteiger partial charge in [0, 0.05) is 10.9 Å². The van der Waals surface area contributed by atoms with Gasteiger partial charge < -0.3 is 9.63 Å². The highest BCUT2D eigenvalue weighted by molar-refractivity contribution is 5.91. The minimum Gasteiger partial charge on any atom is -0.508 e. The summed E-state index contributed by atoms with van der Waals surface area (Å²) in [5.41, 5.74) is 3.54. The average molecular weight is 253 g/mol. The number of phenolic OH excluding ortho intramolecular Hbond substituents is 1. The van der Waals surface area contributed by atoms with Crippen molar-refractivity contribution in [1.82, 2.24) is 5.16 Å². The van der Waals surface area contributed by atoms with Gasteiger partial charge >= 0.3 is 0 Å². The maximum absolute atomic E-state index is 9.83. The van der Waals surface area contributed by atoms with Crippen LogP contribution < -0.4 is 0 Å². The zero-order valence-corrected chi connectivity index (χ0v) is 10.8. The standard InChI is InChI=1S/C16H15NO2/c1-2-5-11-10-12(8-9-14(11)18)16-13-6-3-4-7-15(13)19-17-16/h3-4,6-10,18H,2,5H2,1H3. The molecule has 0 saturated heterocycles. The van der Waals surface area contributed by atoms with Crippen LogP contribution in [0.4, 0.5) is 0 Å². The molecule has 1 N–H and O–H groups in total. The molecule has 19 heavy (non-hydrogen) atoms. The summed E-state index contributed by atoms with van der Waals surface area (Å²) in [4.78, 5) is 0. The molecule has 0 bridgehead atoms. The number of aromatic nitrogens is 1. The SMILES string of the molecule is CCCc1cc(-c2noc3ccccc23)ccc1O. The number of phenols is 1. The normalized spacial score (nSPS) is 11.0. The number of fused-ring (bicyclic) bond motifs is 1. The summed E-state index contributed by atoms with van der Waals surface area (Å²) in [6.45, 7) is 2.09. The Kier molecular flexibility index (Phi) is 2.95. The fourth-order valence-corrected chi connectivity index (χ4v) is 2.30. The van der Waals surface area contributed by atoms with E-state index in [1.54, 1.807) is 6.07 Å². The predicted molar refractivity (Wildman–Crippen MR) is 75.1 cm³/mol. The molecule has 0 aliphatic rings. The summed E-state index contributed by atoms with van der Waals surface area (Å²) in [6, 6.07) is 13.4. The van der Waals surface area contributed by atoms with Gasteiger partial charge in [-0.1, -0.05) is 30.6 Å². The Bertz CT molecular complexity index is 716.